The van der Waals surface area contributed by atoms with Crippen LogP contribution < -0.4 is 16.0 Å². The molecule has 11 heteroatoms. The van der Waals surface area contributed by atoms with Gasteiger partial charge in [0, 0.05) is 34.0 Å². The number of aryl methyl sites for hydroxylation is 1. The fraction of sp³-hybridized carbons (Fsp3) is 0.0690. The maximum Gasteiger partial charge on any atom is 0.272 e. The van der Waals surface area contributed by atoms with Crippen molar-refractivity contribution in [3.63, 3.8) is 0 Å². The van der Waals surface area contributed by atoms with Crippen LogP contribution in [0, 0.1) is 17.0 Å². The molecule has 0 spiro atoms. The molecule has 4 rings (SSSR count). The molecule has 0 radical (unpaired) electrons. The second-order valence-electron chi connectivity index (χ2n) is 8.51. The summed E-state index contributed by atoms with van der Waals surface area (Å²) in [5, 5.41) is 22.9. The Kier molecular flexibility index (Phi) is 9.44. The molecule has 0 aliphatic carbocycles. The largest absolute Gasteiger partial charge is 0.325 e. The number of nitrogens with zero attached hydrogens (tertiary/aromatic N) is 1. The number of nitro benzene ring substituents is 1. The molecule has 0 saturated carbocycles. The summed E-state index contributed by atoms with van der Waals surface area (Å²) in [6, 6.07) is 21.7. The van der Waals surface area contributed by atoms with Gasteiger partial charge in [-0.3, -0.25) is 24.5 Å². The maximum absolute atomic E-state index is 13.1. The zero-order valence-electron chi connectivity index (χ0n) is 21.2. The van der Waals surface area contributed by atoms with Crippen LogP contribution in [0.15, 0.2) is 100 Å². The molecule has 3 amide bonds. The van der Waals surface area contributed by atoms with E-state index >= 15 is 0 Å². The second kappa shape index (κ2) is 13.4. The number of nitrogens with one attached hydrogen (secondary N) is 3. The number of non-ortho nitro benzene ring substituents is 1. The van der Waals surface area contributed by atoms with Crippen LogP contribution in [0.5, 0.6) is 0 Å². The highest BCUT2D eigenvalue weighted by atomic mass is 32.2. The van der Waals surface area contributed by atoms with Gasteiger partial charge < -0.3 is 16.0 Å². The van der Waals surface area contributed by atoms with Crippen molar-refractivity contribution in [3.05, 3.63) is 122 Å². The highest BCUT2D eigenvalue weighted by Gasteiger charge is 2.16. The summed E-state index contributed by atoms with van der Waals surface area (Å²) in [6.07, 6.45) is 1.61. The number of carbonyl (C=O) groups is 3. The lowest BCUT2D eigenvalue weighted by atomic mass is 10.2. The molecule has 9 nitrogen and oxygen atoms in total. The summed E-state index contributed by atoms with van der Waals surface area (Å²) in [5.41, 5.74) is 2.91. The molecule has 40 heavy (non-hydrogen) atoms. The van der Waals surface area contributed by atoms with Gasteiger partial charge in [0.1, 0.15) is 5.70 Å². The summed E-state index contributed by atoms with van der Waals surface area (Å²) >= 11 is 2.78. The molecule has 0 atom stereocenters. The second-order valence-corrected chi connectivity index (χ2v) is 10.3. The number of thioether (sulfide) groups is 1. The van der Waals surface area contributed by atoms with Crippen LogP contribution in [0.25, 0.3) is 6.08 Å². The normalized spacial score (nSPS) is 11.0. The first-order valence-corrected chi connectivity index (χ1v) is 13.9. The van der Waals surface area contributed by atoms with Gasteiger partial charge in [-0.05, 0) is 83.4 Å². The number of amides is 3. The molecule has 202 valence electrons. The summed E-state index contributed by atoms with van der Waals surface area (Å²) in [7, 11) is 0. The molecule has 0 aliphatic rings. The van der Waals surface area contributed by atoms with Crippen molar-refractivity contribution in [2.24, 2.45) is 0 Å². The van der Waals surface area contributed by atoms with Crippen molar-refractivity contribution in [2.75, 3.05) is 16.4 Å². The highest BCUT2D eigenvalue weighted by molar-refractivity contribution is 8.00. The number of carbonyl (C=O) groups excluding carboxylic acids is 3. The van der Waals surface area contributed by atoms with E-state index in [-0.39, 0.29) is 23.0 Å². The molecule has 1 heterocycles. The van der Waals surface area contributed by atoms with Crippen LogP contribution in [0.4, 0.5) is 17.1 Å². The lowest BCUT2D eigenvalue weighted by Gasteiger charge is -2.12. The molecule has 3 N–H and O–H groups in total. The first kappa shape index (κ1) is 28.3. The molecule has 0 unspecified atom stereocenters. The molecule has 4 aromatic rings. The van der Waals surface area contributed by atoms with E-state index < -0.39 is 16.7 Å². The van der Waals surface area contributed by atoms with Gasteiger partial charge in [-0.1, -0.05) is 18.2 Å². The number of benzene rings is 3. The van der Waals surface area contributed by atoms with Crippen molar-refractivity contribution in [2.45, 2.75) is 11.8 Å². The summed E-state index contributed by atoms with van der Waals surface area (Å²) in [6.45, 7) is 1.69. The summed E-state index contributed by atoms with van der Waals surface area (Å²) in [4.78, 5) is 49.4. The molecular formula is C29H24N4O5S2. The smallest absolute Gasteiger partial charge is 0.272 e. The fourth-order valence-corrected chi connectivity index (χ4v) is 4.85. The van der Waals surface area contributed by atoms with Crippen molar-refractivity contribution in [1.82, 2.24) is 5.32 Å². The Bertz CT molecular complexity index is 1550. The molecule has 0 fully saturated rings. The zero-order valence-corrected chi connectivity index (χ0v) is 22.9. The fourth-order valence-electron chi connectivity index (χ4n) is 3.54. The van der Waals surface area contributed by atoms with Crippen molar-refractivity contribution in [3.8, 4) is 0 Å². The Labute approximate surface area is 238 Å². The Hall–Kier alpha value is -4.74. The molecular weight excluding hydrogens is 548 g/mol. The van der Waals surface area contributed by atoms with Crippen LogP contribution >= 0.6 is 23.1 Å². The number of rotatable bonds is 10. The monoisotopic (exact) mass is 572 g/mol. The van der Waals surface area contributed by atoms with Gasteiger partial charge >= 0.3 is 0 Å². The van der Waals surface area contributed by atoms with Gasteiger partial charge in [-0.25, -0.2) is 0 Å². The van der Waals surface area contributed by atoms with E-state index in [0.29, 0.717) is 22.5 Å². The van der Waals surface area contributed by atoms with Crippen molar-refractivity contribution >= 4 is 64.0 Å². The van der Waals surface area contributed by atoms with E-state index in [9.17, 15) is 24.5 Å². The van der Waals surface area contributed by atoms with Crippen LogP contribution in [0.1, 0.15) is 21.5 Å². The van der Waals surface area contributed by atoms with Gasteiger partial charge in [0.2, 0.25) is 5.91 Å². The molecule has 3 aromatic carbocycles. The predicted molar refractivity (Wildman–Crippen MR) is 158 cm³/mol. The summed E-state index contributed by atoms with van der Waals surface area (Å²) in [5.74, 6) is -1.00. The number of hydrogen-bond donors (Lipinski definition) is 3. The average molecular weight is 573 g/mol. The quantitative estimate of drug-likeness (QED) is 0.0910. The Morgan fingerprint density at radius 2 is 1.73 bits per heavy atom. The first-order valence-electron chi connectivity index (χ1n) is 12.0. The average Bonchev–Trinajstić information content (AvgIpc) is 3.47. The third kappa shape index (κ3) is 7.88. The lowest BCUT2D eigenvalue weighted by Crippen LogP contribution is -2.30. The number of anilines is 2. The van der Waals surface area contributed by atoms with E-state index in [0.717, 1.165) is 10.5 Å². The zero-order chi connectivity index (χ0) is 28.5. The predicted octanol–water partition coefficient (Wildman–Crippen LogP) is 6.11. The van der Waals surface area contributed by atoms with Gasteiger partial charge in [0.15, 0.2) is 0 Å². The topological polar surface area (TPSA) is 130 Å². The number of nitro groups is 1. The Morgan fingerprint density at radius 1 is 0.975 bits per heavy atom. The number of hydrogen-bond acceptors (Lipinski definition) is 7. The third-order valence-electron chi connectivity index (χ3n) is 5.56. The SMILES string of the molecule is Cc1cc([N+](=O)[O-])ccc1NC(=O)CSc1ccc(NC(=O)/C(=C/c2ccsc2)NC(=O)c2ccccc2)cc1. The minimum absolute atomic E-state index is 0.0373. The van der Waals surface area contributed by atoms with Crippen molar-refractivity contribution in [1.29, 1.82) is 0 Å². The van der Waals surface area contributed by atoms with E-state index in [1.165, 1.54) is 41.3 Å². The van der Waals surface area contributed by atoms with Crippen molar-refractivity contribution < 1.29 is 19.3 Å². The Morgan fingerprint density at radius 3 is 2.38 bits per heavy atom. The standard InChI is InChI=1S/C29H24N4O5S2/c1-19-15-23(33(37)38)9-12-25(19)31-27(34)18-40-24-10-7-22(8-11-24)30-29(36)26(16-20-13-14-39-17-20)32-28(35)21-5-3-2-4-6-21/h2-17H,18H2,1H3,(H,30,36)(H,31,34)(H,32,35)/b26-16-. The van der Waals surface area contributed by atoms with E-state index in [1.54, 1.807) is 67.6 Å². The van der Waals surface area contributed by atoms with Gasteiger partial charge in [-0.15, -0.1) is 11.8 Å². The van der Waals surface area contributed by atoms with E-state index in [4.69, 9.17) is 0 Å². The minimum Gasteiger partial charge on any atom is -0.325 e. The Balaban J connectivity index is 1.35. The highest BCUT2D eigenvalue weighted by Crippen LogP contribution is 2.24. The number of thiophene rings is 1. The first-order chi connectivity index (χ1) is 19.3. The molecule has 0 aliphatic heterocycles. The van der Waals surface area contributed by atoms with Gasteiger partial charge in [0.05, 0.1) is 10.7 Å². The third-order valence-corrected chi connectivity index (χ3v) is 7.27. The van der Waals surface area contributed by atoms with Crippen LogP contribution in [-0.2, 0) is 9.59 Å². The van der Waals surface area contributed by atoms with Crippen LogP contribution in [-0.4, -0.2) is 28.4 Å². The molecule has 1 aromatic heterocycles. The van der Waals surface area contributed by atoms with Gasteiger partial charge in [0.25, 0.3) is 17.5 Å². The van der Waals surface area contributed by atoms with Crippen LogP contribution in [0.3, 0.4) is 0 Å². The van der Waals surface area contributed by atoms with E-state index in [1.807, 2.05) is 16.8 Å². The maximum atomic E-state index is 13.1. The van der Waals surface area contributed by atoms with Crippen LogP contribution in [0.2, 0.25) is 0 Å². The summed E-state index contributed by atoms with van der Waals surface area (Å²) < 4.78 is 0. The molecule has 0 bridgehead atoms. The van der Waals surface area contributed by atoms with E-state index in [2.05, 4.69) is 16.0 Å². The van der Waals surface area contributed by atoms with Gasteiger partial charge in [-0.2, -0.15) is 11.3 Å². The minimum atomic E-state index is -0.484. The molecule has 0 saturated heterocycles. The lowest BCUT2D eigenvalue weighted by molar-refractivity contribution is -0.384.